The Morgan fingerprint density at radius 3 is 2.05 bits per heavy atom. The van der Waals surface area contributed by atoms with Crippen LogP contribution in [0.3, 0.4) is 0 Å². The van der Waals surface area contributed by atoms with E-state index in [1.807, 2.05) is 0 Å². The molecule has 0 aromatic heterocycles. The second-order valence-electron chi connectivity index (χ2n) is 9.47. The van der Waals surface area contributed by atoms with E-state index in [1.165, 1.54) is 38.5 Å². The van der Waals surface area contributed by atoms with E-state index < -0.39 is 0 Å². The van der Waals surface area contributed by atoms with Crippen molar-refractivity contribution in [2.24, 2.45) is 29.1 Å². The number of carbonyl (C=O) groups is 2. The van der Waals surface area contributed by atoms with Crippen LogP contribution in [0, 0.1) is 29.1 Å². The summed E-state index contributed by atoms with van der Waals surface area (Å²) >= 11 is 0. The van der Waals surface area contributed by atoms with Gasteiger partial charge < -0.3 is 4.48 Å². The summed E-state index contributed by atoms with van der Waals surface area (Å²) in [7, 11) is 0. The third-order valence-electron chi connectivity index (χ3n) is 7.96. The highest BCUT2D eigenvalue weighted by Gasteiger charge is 2.56. The Hall–Kier alpha value is -0.700. The van der Waals surface area contributed by atoms with E-state index >= 15 is 0 Å². The summed E-state index contributed by atoms with van der Waals surface area (Å²) in [6, 6.07) is 0. The van der Waals surface area contributed by atoms with Crippen molar-refractivity contribution in [2.75, 3.05) is 26.2 Å². The van der Waals surface area contributed by atoms with Gasteiger partial charge in [0.1, 0.15) is 13.1 Å². The molecular weight excluding hydrogens is 274 g/mol. The number of fused-ring (bicyclic) bond motifs is 3. The van der Waals surface area contributed by atoms with Crippen molar-refractivity contribution in [3.05, 3.63) is 0 Å². The average molecular weight is 302 g/mol. The smallest absolute Gasteiger partial charge is 0.193 e. The number of Topliss-reactive ketones (excluding diaryl/α,β-unsaturated/α-hetero) is 2. The van der Waals surface area contributed by atoms with Gasteiger partial charge in [0.2, 0.25) is 0 Å². The number of carbonyl (C=O) groups excluding carboxylic acids is 2. The molecule has 6 bridgehead atoms. The van der Waals surface area contributed by atoms with Crippen LogP contribution in [0.15, 0.2) is 0 Å². The molecule has 22 heavy (non-hydrogen) atoms. The molecule has 0 radical (unpaired) electrons. The highest BCUT2D eigenvalue weighted by Crippen LogP contribution is 2.60. The first kappa shape index (κ1) is 13.7. The lowest BCUT2D eigenvalue weighted by molar-refractivity contribution is -0.924. The van der Waals surface area contributed by atoms with Gasteiger partial charge in [-0.1, -0.05) is 0 Å². The van der Waals surface area contributed by atoms with Crippen molar-refractivity contribution < 1.29 is 14.1 Å². The summed E-state index contributed by atoms with van der Waals surface area (Å²) in [5.74, 6) is 3.82. The first-order valence-corrected chi connectivity index (χ1v) is 9.47. The van der Waals surface area contributed by atoms with Crippen molar-refractivity contribution in [2.45, 2.75) is 51.4 Å². The van der Waals surface area contributed by atoms with Gasteiger partial charge in [0.15, 0.2) is 11.6 Å². The Balaban J connectivity index is 1.38. The molecule has 3 aliphatic heterocycles. The minimum absolute atomic E-state index is 0.0269. The second kappa shape index (κ2) is 4.43. The van der Waals surface area contributed by atoms with Crippen LogP contribution in [0.2, 0.25) is 0 Å². The average Bonchev–Trinajstić information content (AvgIpc) is 2.46. The fraction of sp³-hybridized carbons (Fsp3) is 0.895. The molecule has 3 heterocycles. The Labute approximate surface area is 133 Å². The van der Waals surface area contributed by atoms with Gasteiger partial charge in [-0.05, 0) is 56.3 Å². The van der Waals surface area contributed by atoms with Gasteiger partial charge >= 0.3 is 0 Å². The largest absolute Gasteiger partial charge is 0.311 e. The topological polar surface area (TPSA) is 34.1 Å². The van der Waals surface area contributed by atoms with Crippen molar-refractivity contribution in [1.82, 2.24) is 0 Å². The Morgan fingerprint density at radius 1 is 1.00 bits per heavy atom. The summed E-state index contributed by atoms with van der Waals surface area (Å²) in [5.41, 5.74) is 0.0269. The molecule has 3 heteroatoms. The Kier molecular flexibility index (Phi) is 2.76. The first-order valence-electron chi connectivity index (χ1n) is 9.47. The molecule has 0 N–H and O–H groups in total. The van der Waals surface area contributed by atoms with Crippen LogP contribution in [0.4, 0.5) is 0 Å². The van der Waals surface area contributed by atoms with Crippen LogP contribution in [0.25, 0.3) is 0 Å². The van der Waals surface area contributed by atoms with Gasteiger partial charge in [-0.2, -0.15) is 0 Å². The summed E-state index contributed by atoms with van der Waals surface area (Å²) < 4.78 is 0.815. The number of hydrogen-bond donors (Lipinski definition) is 0. The zero-order valence-corrected chi connectivity index (χ0v) is 13.6. The minimum atomic E-state index is 0.0269. The number of piperidine rings is 3. The lowest BCUT2D eigenvalue weighted by Crippen LogP contribution is -2.65. The van der Waals surface area contributed by atoms with E-state index in [4.69, 9.17) is 0 Å². The van der Waals surface area contributed by atoms with E-state index in [9.17, 15) is 9.59 Å². The molecule has 0 spiro atoms. The van der Waals surface area contributed by atoms with Gasteiger partial charge in [0.05, 0.1) is 13.1 Å². The maximum atomic E-state index is 13.3. The Morgan fingerprint density at radius 2 is 1.55 bits per heavy atom. The highest BCUT2D eigenvalue weighted by atomic mass is 16.1. The van der Waals surface area contributed by atoms with Gasteiger partial charge in [0, 0.05) is 24.2 Å². The quantitative estimate of drug-likeness (QED) is 0.751. The second-order valence-corrected chi connectivity index (χ2v) is 9.47. The molecule has 0 aromatic carbocycles. The zero-order valence-electron chi connectivity index (χ0n) is 13.6. The van der Waals surface area contributed by atoms with Crippen LogP contribution in [-0.4, -0.2) is 42.2 Å². The van der Waals surface area contributed by atoms with E-state index in [2.05, 4.69) is 0 Å². The molecule has 4 aliphatic carbocycles. The first-order chi connectivity index (χ1) is 10.6. The lowest BCUT2D eigenvalue weighted by Gasteiger charge is -2.57. The van der Waals surface area contributed by atoms with Gasteiger partial charge in [-0.15, -0.1) is 0 Å². The standard InChI is InChI=1S/C19H28NO2/c21-17-11-20(3-1-16(17)2-4-20)12-18(22)19-8-13-5-14(9-19)7-15(6-13)10-19/h13-16H,1-12H2/q+1. The van der Waals surface area contributed by atoms with Crippen LogP contribution in [0.5, 0.6) is 0 Å². The molecule has 0 aromatic rings. The minimum Gasteiger partial charge on any atom is -0.311 e. The maximum absolute atomic E-state index is 13.3. The van der Waals surface area contributed by atoms with Crippen molar-refractivity contribution in [1.29, 1.82) is 0 Å². The lowest BCUT2D eigenvalue weighted by atomic mass is 9.48. The van der Waals surface area contributed by atoms with E-state index in [0.717, 1.165) is 48.2 Å². The van der Waals surface area contributed by atoms with Crippen LogP contribution >= 0.6 is 0 Å². The number of quaternary nitrogens is 1. The zero-order chi connectivity index (χ0) is 14.9. The summed E-state index contributed by atoms with van der Waals surface area (Å²) in [6.07, 6.45) is 9.78. The van der Waals surface area contributed by atoms with Gasteiger partial charge in [-0.25, -0.2) is 0 Å². The van der Waals surface area contributed by atoms with Gasteiger partial charge in [0.25, 0.3) is 0 Å². The SMILES string of the molecule is O=C1C[N+]2(CC(=O)C34CC5CC(CC(C5)C3)C4)CCC1CC2. The van der Waals surface area contributed by atoms with Crippen molar-refractivity contribution in [3.63, 3.8) is 0 Å². The molecule has 4 saturated carbocycles. The van der Waals surface area contributed by atoms with E-state index in [1.54, 1.807) is 0 Å². The normalized spacial score (nSPS) is 52.3. The number of rotatable bonds is 3. The molecule has 0 amide bonds. The maximum Gasteiger partial charge on any atom is 0.193 e. The molecule has 7 fully saturated rings. The summed E-state index contributed by atoms with van der Waals surface area (Å²) in [5, 5.41) is 0. The summed E-state index contributed by atoms with van der Waals surface area (Å²) in [4.78, 5) is 25.5. The molecule has 0 atom stereocenters. The molecule has 120 valence electrons. The van der Waals surface area contributed by atoms with E-state index in [0.29, 0.717) is 30.6 Å². The Bertz CT molecular complexity index is 494. The number of hydrogen-bond acceptors (Lipinski definition) is 2. The fourth-order valence-corrected chi connectivity index (χ4v) is 7.19. The monoisotopic (exact) mass is 302 g/mol. The predicted molar refractivity (Wildman–Crippen MR) is 83.1 cm³/mol. The van der Waals surface area contributed by atoms with Crippen LogP contribution in [0.1, 0.15) is 51.4 Å². The van der Waals surface area contributed by atoms with Crippen LogP contribution in [-0.2, 0) is 9.59 Å². The number of ketones is 2. The summed E-state index contributed by atoms with van der Waals surface area (Å²) in [6.45, 7) is 3.48. The van der Waals surface area contributed by atoms with Gasteiger partial charge in [-0.3, -0.25) is 9.59 Å². The van der Waals surface area contributed by atoms with Crippen molar-refractivity contribution in [3.8, 4) is 0 Å². The molecule has 7 rings (SSSR count). The fourth-order valence-electron chi connectivity index (χ4n) is 7.19. The highest BCUT2D eigenvalue weighted by molar-refractivity contribution is 5.87. The van der Waals surface area contributed by atoms with Crippen LogP contribution < -0.4 is 0 Å². The number of nitrogens with zero attached hydrogens (tertiary/aromatic N) is 1. The molecule has 0 unspecified atom stereocenters. The molecule has 3 nitrogen and oxygen atoms in total. The molecule has 7 aliphatic rings. The van der Waals surface area contributed by atoms with Crippen molar-refractivity contribution >= 4 is 11.6 Å². The third kappa shape index (κ3) is 1.90. The molecular formula is C19H28NO2+. The van der Waals surface area contributed by atoms with E-state index in [-0.39, 0.29) is 5.41 Å². The predicted octanol–water partition coefficient (Wildman–Crippen LogP) is 2.58. The third-order valence-corrected chi connectivity index (χ3v) is 7.96. The molecule has 3 saturated heterocycles.